The van der Waals surface area contributed by atoms with E-state index in [9.17, 15) is 20.1 Å². The van der Waals surface area contributed by atoms with Crippen molar-refractivity contribution in [3.05, 3.63) is 169 Å². The maximum absolute atomic E-state index is 15.5. The van der Waals surface area contributed by atoms with Gasteiger partial charge in [0.25, 0.3) is 0 Å². The number of allylic oxidation sites excluding steroid dienone is 1. The topological polar surface area (TPSA) is 162 Å². The first-order valence-electron chi connectivity index (χ1n) is 27.2. The van der Waals surface area contributed by atoms with Gasteiger partial charge in [0, 0.05) is 54.9 Å². The predicted molar refractivity (Wildman–Crippen MR) is 281 cm³/mol. The minimum absolute atomic E-state index is 0.0698. The Balaban J connectivity index is 1.10. The number of aliphatic hydroxyl groups is 3. The quantitative estimate of drug-likeness (QED) is 0.0528. The Morgan fingerprint density at radius 1 is 0.824 bits per heavy atom. The van der Waals surface area contributed by atoms with E-state index in [1.54, 1.807) is 13.0 Å². The standard InChI is InChI=1S/C63H70O11/c1-37(34-65)49-22-20-40-16-19-46-31-44(40)18-17-42-13-7-12-41-15-8-27-63(57(41)42)60(73-61(49)68)59(56-53(74-63)25-24-51-52(35-66)55(62(69)72-58(51)56)47(26-28-64)36-70-2)71-54(67)33-48-32-45(21-23-50(46)48)43-14-6-11-39(30-43)29-38-9-4-3-5-10-38/h3-6,8-11,14-16,19,24-25,30-31,41-42,45,47-48,50,57,59-60,64-66H,7,12-13,17-18,20-23,26-29,32-36H2,1-2H3/b49-37-/t41-,42-,45+,47-,48-,50-,57+,59-,60+,63+/m1/s1. The minimum Gasteiger partial charge on any atom is -0.482 e. The smallest absolute Gasteiger partial charge is 0.340 e. The van der Waals surface area contributed by atoms with E-state index >= 15 is 9.59 Å². The lowest BCUT2D eigenvalue weighted by molar-refractivity contribution is -0.213. The highest BCUT2D eigenvalue weighted by molar-refractivity contribution is 5.90. The molecule has 1 aromatic heterocycles. The van der Waals surface area contributed by atoms with Crippen molar-refractivity contribution >= 4 is 22.9 Å². The van der Waals surface area contributed by atoms with Crippen molar-refractivity contribution in [2.24, 2.45) is 23.7 Å². The van der Waals surface area contributed by atoms with Crippen LogP contribution in [0.1, 0.15) is 151 Å². The summed E-state index contributed by atoms with van der Waals surface area (Å²) in [5, 5.41) is 32.3. The molecular formula is C63H70O11. The van der Waals surface area contributed by atoms with E-state index < -0.39 is 47.9 Å². The van der Waals surface area contributed by atoms with Crippen molar-refractivity contribution in [2.45, 2.75) is 139 Å². The number of methoxy groups -OCH3 is 1. The Kier molecular flexibility index (Phi) is 14.6. The molecule has 0 unspecified atom stereocenters. The second-order valence-electron chi connectivity index (χ2n) is 22.2. The van der Waals surface area contributed by atoms with Crippen molar-refractivity contribution < 1.29 is 48.3 Å². The largest absolute Gasteiger partial charge is 0.482 e. The van der Waals surface area contributed by atoms with Gasteiger partial charge in [-0.25, -0.2) is 9.59 Å². The molecule has 11 heteroatoms. The molecule has 6 aliphatic rings. The molecule has 388 valence electrons. The molecule has 3 aliphatic heterocycles. The maximum Gasteiger partial charge on any atom is 0.340 e. The van der Waals surface area contributed by atoms with E-state index in [0.717, 1.165) is 57.8 Å². The van der Waals surface area contributed by atoms with Gasteiger partial charge in [-0.3, -0.25) is 4.79 Å². The molecule has 5 aromatic rings. The number of hydrogen-bond donors (Lipinski definition) is 3. The van der Waals surface area contributed by atoms with Crippen molar-refractivity contribution in [2.75, 3.05) is 26.9 Å². The molecule has 1 spiro atoms. The summed E-state index contributed by atoms with van der Waals surface area (Å²) in [5.41, 5.74) is 7.21. The van der Waals surface area contributed by atoms with Gasteiger partial charge in [0.15, 0.2) is 17.8 Å². The summed E-state index contributed by atoms with van der Waals surface area (Å²) in [6, 6.07) is 29.9. The number of aryl methyl sites for hydroxylation is 2. The van der Waals surface area contributed by atoms with Crippen LogP contribution < -0.4 is 10.4 Å². The van der Waals surface area contributed by atoms with Crippen molar-refractivity contribution in [3.8, 4) is 5.75 Å². The van der Waals surface area contributed by atoms with Crippen LogP contribution in [0.3, 0.4) is 0 Å². The highest BCUT2D eigenvalue weighted by Gasteiger charge is 2.63. The number of aliphatic hydroxyl groups excluding tert-OH is 3. The predicted octanol–water partition coefficient (Wildman–Crippen LogP) is 10.6. The van der Waals surface area contributed by atoms with E-state index in [2.05, 4.69) is 78.9 Å². The molecule has 5 bridgehead atoms. The molecule has 11 nitrogen and oxygen atoms in total. The van der Waals surface area contributed by atoms with Crippen LogP contribution in [0.5, 0.6) is 5.75 Å². The van der Waals surface area contributed by atoms with Crippen LogP contribution in [-0.4, -0.2) is 65.9 Å². The minimum atomic E-state index is -1.30. The summed E-state index contributed by atoms with van der Waals surface area (Å²) in [6.07, 6.45) is 11.5. The molecule has 10 atom stereocenters. The summed E-state index contributed by atoms with van der Waals surface area (Å²) >= 11 is 0. The van der Waals surface area contributed by atoms with E-state index in [0.29, 0.717) is 47.1 Å². The fraction of sp³-hybridized carbons (Fsp3) is 0.476. The van der Waals surface area contributed by atoms with Crippen molar-refractivity contribution in [3.63, 3.8) is 0 Å². The molecule has 4 heterocycles. The second-order valence-corrected chi connectivity index (χ2v) is 22.2. The molecule has 3 aliphatic carbocycles. The number of esters is 2. The second kappa shape index (κ2) is 21.4. The molecule has 0 saturated heterocycles. The fourth-order valence-corrected chi connectivity index (χ4v) is 14.7. The Morgan fingerprint density at radius 3 is 2.49 bits per heavy atom. The maximum atomic E-state index is 15.5. The third-order valence-corrected chi connectivity index (χ3v) is 18.1. The van der Waals surface area contributed by atoms with Gasteiger partial charge in [0.05, 0.1) is 25.4 Å². The van der Waals surface area contributed by atoms with Gasteiger partial charge in [-0.2, -0.15) is 0 Å². The molecule has 3 N–H and O–H groups in total. The number of ether oxygens (including phenoxy) is 4. The average Bonchev–Trinajstić information content (AvgIpc) is 3.46. The Bertz CT molecular complexity index is 3020. The van der Waals surface area contributed by atoms with Crippen molar-refractivity contribution in [1.29, 1.82) is 0 Å². The summed E-state index contributed by atoms with van der Waals surface area (Å²) in [7, 11) is 1.52. The summed E-state index contributed by atoms with van der Waals surface area (Å²) in [5.74, 6) is -1.04. The molecule has 74 heavy (non-hydrogen) atoms. The van der Waals surface area contributed by atoms with Crippen LogP contribution in [-0.2, 0) is 49.7 Å². The monoisotopic (exact) mass is 1000 g/mol. The first-order chi connectivity index (χ1) is 36.1. The van der Waals surface area contributed by atoms with Gasteiger partial charge in [0.2, 0.25) is 0 Å². The zero-order valence-electron chi connectivity index (χ0n) is 42.8. The molecule has 11 rings (SSSR count). The van der Waals surface area contributed by atoms with Gasteiger partial charge in [0.1, 0.15) is 11.3 Å². The van der Waals surface area contributed by atoms with E-state index in [1.165, 1.54) is 40.5 Å². The van der Waals surface area contributed by atoms with Crippen LogP contribution in [0.2, 0.25) is 0 Å². The normalized spacial score (nSPS) is 28.6. The average molecular weight is 1000 g/mol. The van der Waals surface area contributed by atoms with Crippen LogP contribution in [0.15, 0.2) is 117 Å². The first kappa shape index (κ1) is 50.3. The number of rotatable bonds is 10. The lowest BCUT2D eigenvalue weighted by Crippen LogP contribution is -2.64. The highest BCUT2D eigenvalue weighted by atomic mass is 16.6. The Hall–Kier alpha value is -5.85. The van der Waals surface area contributed by atoms with Crippen LogP contribution >= 0.6 is 0 Å². The number of carbonyl (C=O) groups excluding carboxylic acids is 2. The zero-order valence-corrected chi connectivity index (χ0v) is 42.8. The highest BCUT2D eigenvalue weighted by Crippen LogP contribution is 2.59. The molecule has 0 amide bonds. The molecular weight excluding hydrogens is 933 g/mol. The molecule has 2 fully saturated rings. The third-order valence-electron chi connectivity index (χ3n) is 18.1. The van der Waals surface area contributed by atoms with Gasteiger partial charge in [-0.1, -0.05) is 91.4 Å². The van der Waals surface area contributed by atoms with Crippen LogP contribution in [0.4, 0.5) is 0 Å². The Morgan fingerprint density at radius 2 is 1.68 bits per heavy atom. The van der Waals surface area contributed by atoms with Gasteiger partial charge in [-0.15, -0.1) is 0 Å². The number of fused-ring (bicyclic) bond motifs is 8. The Labute approximate surface area is 433 Å². The number of carbonyl (C=O) groups is 2. The van der Waals surface area contributed by atoms with Crippen LogP contribution in [0.25, 0.3) is 11.0 Å². The SMILES string of the molecule is COC[C@@H](CCO)c1c(CO)c2ccc3c(c2oc1=O)[C@H]1OC(=O)C[C@H]2C[C@@H](c4cccc(Cc5ccccc5)c4)CC[C@@H]2c2ccc4c(c2)CC[C@H]2CCC[C@@H]5C=CC[C@](O3)([C@H]25)[C@H]1OC(=O)/C(=C(/C)CO)CC4. The third kappa shape index (κ3) is 9.37. The summed E-state index contributed by atoms with van der Waals surface area (Å²) in [6.45, 7) is 0.770. The van der Waals surface area contributed by atoms with Crippen molar-refractivity contribution in [1.82, 2.24) is 0 Å². The molecule has 4 aromatic carbocycles. The summed E-state index contributed by atoms with van der Waals surface area (Å²) in [4.78, 5) is 45.3. The van der Waals surface area contributed by atoms with Gasteiger partial charge >= 0.3 is 17.6 Å². The van der Waals surface area contributed by atoms with Gasteiger partial charge < -0.3 is 38.7 Å². The number of hydrogen-bond acceptors (Lipinski definition) is 11. The lowest BCUT2D eigenvalue weighted by Gasteiger charge is -2.56. The molecule has 0 radical (unpaired) electrons. The van der Waals surface area contributed by atoms with E-state index in [1.807, 2.05) is 12.1 Å². The summed E-state index contributed by atoms with van der Waals surface area (Å²) < 4.78 is 33.5. The number of benzene rings is 4. The molecule has 2 saturated carbocycles. The fourth-order valence-electron chi connectivity index (χ4n) is 14.7. The van der Waals surface area contributed by atoms with Gasteiger partial charge in [-0.05, 0) is 164 Å². The lowest BCUT2D eigenvalue weighted by atomic mass is 9.57. The zero-order chi connectivity index (χ0) is 51.1. The van der Waals surface area contributed by atoms with Crippen LogP contribution in [0, 0.1) is 23.7 Å². The van der Waals surface area contributed by atoms with E-state index in [4.69, 9.17) is 23.4 Å². The first-order valence-corrected chi connectivity index (χ1v) is 27.2. The van der Waals surface area contributed by atoms with E-state index in [-0.39, 0.29) is 84.9 Å².